The molecule has 1 aliphatic heterocycles. The maximum atomic E-state index is 12.7. The van der Waals surface area contributed by atoms with Crippen molar-refractivity contribution < 1.29 is 9.53 Å². The second kappa shape index (κ2) is 6.78. The number of guanidine groups is 1. The summed E-state index contributed by atoms with van der Waals surface area (Å²) in [5.74, 6) is 1.61. The zero-order valence-electron chi connectivity index (χ0n) is 16.4. The fraction of sp³-hybridized carbons (Fsp3) is 0.895. The van der Waals surface area contributed by atoms with Crippen LogP contribution in [0.25, 0.3) is 0 Å². The van der Waals surface area contributed by atoms with E-state index in [1.54, 1.807) is 11.9 Å². The molecule has 0 spiro atoms. The first-order chi connectivity index (χ1) is 11.8. The molecule has 0 aromatic heterocycles. The first kappa shape index (κ1) is 18.5. The second-order valence-electron chi connectivity index (χ2n) is 8.80. The van der Waals surface area contributed by atoms with E-state index < -0.39 is 0 Å². The number of rotatable bonds is 4. The second-order valence-corrected chi connectivity index (χ2v) is 8.80. The van der Waals surface area contributed by atoms with E-state index >= 15 is 0 Å². The van der Waals surface area contributed by atoms with Gasteiger partial charge in [0, 0.05) is 51.7 Å². The Kier molecular flexibility index (Phi) is 5.02. The Bertz CT molecular complexity index is 538. The lowest BCUT2D eigenvalue weighted by atomic mass is 9.57. The van der Waals surface area contributed by atoms with Gasteiger partial charge in [0.15, 0.2) is 5.96 Å². The molecule has 0 radical (unpaired) electrons. The van der Waals surface area contributed by atoms with E-state index in [1.807, 2.05) is 14.1 Å². The summed E-state index contributed by atoms with van der Waals surface area (Å²) in [6.45, 7) is 6.04. The van der Waals surface area contributed by atoms with Crippen LogP contribution in [0, 0.1) is 16.7 Å². The van der Waals surface area contributed by atoms with Crippen molar-refractivity contribution in [1.82, 2.24) is 15.5 Å². The summed E-state index contributed by atoms with van der Waals surface area (Å²) in [4.78, 5) is 18.9. The van der Waals surface area contributed by atoms with E-state index in [0.717, 1.165) is 44.7 Å². The number of amides is 1. The van der Waals surface area contributed by atoms with Gasteiger partial charge in [-0.1, -0.05) is 26.7 Å². The van der Waals surface area contributed by atoms with Gasteiger partial charge >= 0.3 is 0 Å². The van der Waals surface area contributed by atoms with Crippen molar-refractivity contribution in [2.45, 2.75) is 58.1 Å². The first-order valence-corrected chi connectivity index (χ1v) is 9.62. The largest absolute Gasteiger partial charge is 0.377 e. The van der Waals surface area contributed by atoms with Crippen molar-refractivity contribution in [2.24, 2.45) is 21.7 Å². The summed E-state index contributed by atoms with van der Waals surface area (Å²) in [7, 11) is 5.51. The van der Waals surface area contributed by atoms with E-state index in [9.17, 15) is 4.79 Å². The molecule has 142 valence electrons. The molecule has 0 bridgehead atoms. The van der Waals surface area contributed by atoms with E-state index in [4.69, 9.17) is 4.74 Å². The zero-order chi connectivity index (χ0) is 18.2. The summed E-state index contributed by atoms with van der Waals surface area (Å²) in [5, 5.41) is 7.06. The average Bonchev–Trinajstić information content (AvgIpc) is 3.23. The number of aliphatic imine (C=N–C) groups is 1. The molecule has 3 aliphatic rings. The van der Waals surface area contributed by atoms with Crippen LogP contribution in [-0.2, 0) is 9.53 Å². The third-order valence-electron chi connectivity index (χ3n) is 6.63. The molecule has 2 N–H and O–H groups in total. The van der Waals surface area contributed by atoms with E-state index in [2.05, 4.69) is 29.5 Å². The molecule has 0 aromatic carbocycles. The molecule has 6 nitrogen and oxygen atoms in total. The highest BCUT2D eigenvalue weighted by atomic mass is 16.5. The highest BCUT2D eigenvalue weighted by Crippen LogP contribution is 2.52. The van der Waals surface area contributed by atoms with E-state index in [1.165, 1.54) is 0 Å². The standard InChI is InChI=1S/C19H34N4O2/c1-18(2)14(13-8-11-25-15(13)18)22-17(20-3)21-12-19(9-6-7-10-19)16(24)23(4)5/h13-15H,6-12H2,1-5H3,(H2,20,21,22). The number of ether oxygens (including phenoxy) is 1. The van der Waals surface area contributed by atoms with E-state index in [-0.39, 0.29) is 16.7 Å². The predicted octanol–water partition coefficient (Wildman–Crippen LogP) is 1.61. The lowest BCUT2D eigenvalue weighted by Crippen LogP contribution is -2.68. The Labute approximate surface area is 151 Å². The van der Waals surface area contributed by atoms with Crippen LogP contribution in [0.4, 0.5) is 0 Å². The monoisotopic (exact) mass is 350 g/mol. The van der Waals surface area contributed by atoms with Crippen molar-refractivity contribution in [3.05, 3.63) is 0 Å². The van der Waals surface area contributed by atoms with Gasteiger partial charge in [-0.05, 0) is 19.3 Å². The van der Waals surface area contributed by atoms with Gasteiger partial charge in [-0.15, -0.1) is 0 Å². The SMILES string of the molecule is CN=C(NCC1(C(=O)N(C)C)CCCC1)NC1C2CCOC2C1(C)C. The van der Waals surface area contributed by atoms with Gasteiger partial charge in [0.1, 0.15) is 0 Å². The summed E-state index contributed by atoms with van der Waals surface area (Å²) in [5.41, 5.74) is -0.168. The quantitative estimate of drug-likeness (QED) is 0.597. The summed E-state index contributed by atoms with van der Waals surface area (Å²) < 4.78 is 5.88. The number of nitrogens with zero attached hydrogens (tertiary/aromatic N) is 2. The number of fused-ring (bicyclic) bond motifs is 1. The van der Waals surface area contributed by atoms with Crippen molar-refractivity contribution in [3.8, 4) is 0 Å². The fourth-order valence-electron chi connectivity index (χ4n) is 5.20. The van der Waals surface area contributed by atoms with Crippen LogP contribution in [0.15, 0.2) is 4.99 Å². The number of hydrogen-bond donors (Lipinski definition) is 2. The summed E-state index contributed by atoms with van der Waals surface area (Å²) in [6, 6.07) is 0.371. The van der Waals surface area contributed by atoms with Crippen LogP contribution in [-0.4, -0.2) is 63.2 Å². The third kappa shape index (κ3) is 3.14. The molecule has 1 saturated heterocycles. The van der Waals surface area contributed by atoms with Crippen molar-refractivity contribution >= 4 is 11.9 Å². The molecule has 0 aromatic rings. The topological polar surface area (TPSA) is 66.0 Å². The molecule has 1 heterocycles. The molecule has 1 amide bonds. The van der Waals surface area contributed by atoms with E-state index in [0.29, 0.717) is 24.6 Å². The summed E-state index contributed by atoms with van der Waals surface area (Å²) in [6.07, 6.45) is 5.66. The number of carbonyl (C=O) groups excluding carboxylic acids is 1. The molecule has 3 rings (SSSR count). The van der Waals surface area contributed by atoms with Crippen LogP contribution < -0.4 is 10.6 Å². The maximum Gasteiger partial charge on any atom is 0.230 e. The molecule has 3 unspecified atom stereocenters. The Morgan fingerprint density at radius 1 is 1.28 bits per heavy atom. The van der Waals surface area contributed by atoms with Crippen molar-refractivity contribution in [1.29, 1.82) is 0 Å². The predicted molar refractivity (Wildman–Crippen MR) is 99.5 cm³/mol. The molecule has 25 heavy (non-hydrogen) atoms. The van der Waals surface area contributed by atoms with Crippen LogP contribution >= 0.6 is 0 Å². The Morgan fingerprint density at radius 2 is 1.96 bits per heavy atom. The van der Waals surface area contributed by atoms with Crippen LogP contribution in [0.3, 0.4) is 0 Å². The maximum absolute atomic E-state index is 12.7. The smallest absolute Gasteiger partial charge is 0.230 e. The Hall–Kier alpha value is -1.30. The minimum Gasteiger partial charge on any atom is -0.377 e. The fourth-order valence-corrected chi connectivity index (χ4v) is 5.20. The first-order valence-electron chi connectivity index (χ1n) is 9.62. The number of nitrogens with one attached hydrogen (secondary N) is 2. The van der Waals surface area contributed by atoms with Crippen LogP contribution in [0.2, 0.25) is 0 Å². The van der Waals surface area contributed by atoms with Gasteiger partial charge in [-0.3, -0.25) is 9.79 Å². The Balaban J connectivity index is 1.62. The molecule has 3 atom stereocenters. The summed E-state index contributed by atoms with van der Waals surface area (Å²) >= 11 is 0. The minimum absolute atomic E-state index is 0.114. The van der Waals surface area contributed by atoms with Gasteiger partial charge < -0.3 is 20.3 Å². The van der Waals surface area contributed by atoms with Gasteiger partial charge in [0.2, 0.25) is 5.91 Å². The third-order valence-corrected chi connectivity index (χ3v) is 6.63. The lowest BCUT2D eigenvalue weighted by Gasteiger charge is -2.55. The molecular formula is C19H34N4O2. The normalized spacial score (nSPS) is 32.7. The molecular weight excluding hydrogens is 316 g/mol. The van der Waals surface area contributed by atoms with Crippen molar-refractivity contribution in [2.75, 3.05) is 34.3 Å². The molecule has 6 heteroatoms. The van der Waals surface area contributed by atoms with Gasteiger partial charge in [0.05, 0.1) is 11.5 Å². The molecule has 2 aliphatic carbocycles. The highest BCUT2D eigenvalue weighted by molar-refractivity contribution is 5.85. The van der Waals surface area contributed by atoms with Crippen molar-refractivity contribution in [3.63, 3.8) is 0 Å². The Morgan fingerprint density at radius 3 is 2.56 bits per heavy atom. The van der Waals surface area contributed by atoms with Gasteiger partial charge in [-0.2, -0.15) is 0 Å². The average molecular weight is 351 g/mol. The number of carbonyl (C=O) groups is 1. The highest BCUT2D eigenvalue weighted by Gasteiger charge is 2.59. The lowest BCUT2D eigenvalue weighted by molar-refractivity contribution is -0.138. The molecule has 2 saturated carbocycles. The van der Waals surface area contributed by atoms with Gasteiger partial charge in [-0.25, -0.2) is 0 Å². The van der Waals surface area contributed by atoms with Crippen LogP contribution in [0.5, 0.6) is 0 Å². The molecule has 3 fully saturated rings. The number of hydrogen-bond acceptors (Lipinski definition) is 3. The zero-order valence-corrected chi connectivity index (χ0v) is 16.4. The van der Waals surface area contributed by atoms with Crippen LogP contribution in [0.1, 0.15) is 46.0 Å². The van der Waals surface area contributed by atoms with Gasteiger partial charge in [0.25, 0.3) is 0 Å². The minimum atomic E-state index is -0.282.